The molecule has 5 atom stereocenters. The molecule has 2 aromatic carbocycles. The molecule has 6 rings (SSSR count). The third-order valence-electron chi connectivity index (χ3n) is 10.8. The third-order valence-corrected chi connectivity index (χ3v) is 14.5. The molecule has 1 unspecified atom stereocenters. The highest BCUT2D eigenvalue weighted by Gasteiger charge is 2.46. The second-order valence-electron chi connectivity index (χ2n) is 17.0. The Labute approximate surface area is 460 Å². The molecule has 0 spiro atoms. The molecule has 1 aliphatic heterocycles. The Kier molecular flexibility index (Phi) is 26.8. The largest absolute Gasteiger partial charge is 0.491 e. The van der Waals surface area contributed by atoms with Crippen molar-refractivity contribution in [3.63, 3.8) is 0 Å². The molecule has 28 nitrogen and oxygen atoms in total. The Morgan fingerprint density at radius 2 is 1.36 bits per heavy atom. The van der Waals surface area contributed by atoms with Crippen LogP contribution >= 0.6 is 26.8 Å². The zero-order valence-electron chi connectivity index (χ0n) is 42.9. The molecule has 0 amide bonds. The highest BCUT2D eigenvalue weighted by Crippen LogP contribution is 2.55. The number of esters is 1. The fourth-order valence-corrected chi connectivity index (χ4v) is 9.85. The van der Waals surface area contributed by atoms with Gasteiger partial charge in [-0.15, -0.1) is 5.10 Å². The van der Waals surface area contributed by atoms with E-state index in [1.165, 1.54) is 6.20 Å². The molecule has 3 aromatic heterocycles. The lowest BCUT2D eigenvalue weighted by atomic mass is 10.1. The van der Waals surface area contributed by atoms with E-state index in [-0.39, 0.29) is 62.7 Å². The quantitative estimate of drug-likeness (QED) is 0.0108. The summed E-state index contributed by atoms with van der Waals surface area (Å²) in [7, 11) is -9.65. The number of fused-ring (bicyclic) bond motifs is 1. The molecule has 4 heterocycles. The Morgan fingerprint density at radius 3 is 2.00 bits per heavy atom. The van der Waals surface area contributed by atoms with Crippen LogP contribution in [0, 0.1) is 17.5 Å². The monoisotopic (exact) mass is 1200 g/mol. The number of halogens is 4. The molecular formula is C46H62ClF3N8O20P2. The lowest BCUT2D eigenvalue weighted by Crippen LogP contribution is -2.33. The van der Waals surface area contributed by atoms with Crippen molar-refractivity contribution in [1.82, 2.24) is 34.7 Å². The van der Waals surface area contributed by atoms with Gasteiger partial charge in [-0.2, -0.15) is 15.1 Å². The van der Waals surface area contributed by atoms with Crippen LogP contribution in [-0.2, 0) is 80.8 Å². The van der Waals surface area contributed by atoms with Gasteiger partial charge in [-0.05, 0) is 29.3 Å². The number of aromatic nitrogens is 7. The first-order valence-corrected chi connectivity index (χ1v) is 28.6. The number of carbonyl (C=O) groups is 1. The summed E-state index contributed by atoms with van der Waals surface area (Å²) < 4.78 is 131. The first-order chi connectivity index (χ1) is 38.4. The highest BCUT2D eigenvalue weighted by atomic mass is 35.5. The Morgan fingerprint density at radius 1 is 0.762 bits per heavy atom. The third kappa shape index (κ3) is 22.5. The number of aliphatic hydroxyl groups is 2. The van der Waals surface area contributed by atoms with E-state index < -0.39 is 81.4 Å². The van der Waals surface area contributed by atoms with Crippen LogP contribution in [-0.4, -0.2) is 202 Å². The van der Waals surface area contributed by atoms with Crippen molar-refractivity contribution in [3.8, 4) is 11.5 Å². The topological polar surface area (TPSA) is 349 Å². The summed E-state index contributed by atoms with van der Waals surface area (Å²) in [6.45, 7) is 5.12. The lowest BCUT2D eigenvalue weighted by Gasteiger charge is -2.18. The van der Waals surface area contributed by atoms with Crippen LogP contribution in [0.1, 0.15) is 23.9 Å². The van der Waals surface area contributed by atoms with Crippen molar-refractivity contribution in [3.05, 3.63) is 82.8 Å². The lowest BCUT2D eigenvalue weighted by molar-refractivity contribution is -0.136. The van der Waals surface area contributed by atoms with E-state index in [2.05, 4.69) is 35.4 Å². The molecule has 0 radical (unpaired) electrons. The zero-order chi connectivity index (χ0) is 57.3. The first-order valence-electron chi connectivity index (χ1n) is 24.7. The molecule has 1 saturated heterocycles. The summed E-state index contributed by atoms with van der Waals surface area (Å²) in [5.74, 6) is -6.21. The van der Waals surface area contributed by atoms with Gasteiger partial charge in [0.25, 0.3) is 0 Å². The molecule has 0 aliphatic carbocycles. The predicted molar refractivity (Wildman–Crippen MR) is 270 cm³/mol. The maximum atomic E-state index is 13.6. The molecule has 6 N–H and O–H groups in total. The van der Waals surface area contributed by atoms with E-state index in [1.807, 2.05) is 18.2 Å². The fourth-order valence-electron chi connectivity index (χ4n) is 7.12. The van der Waals surface area contributed by atoms with Gasteiger partial charge in [0.1, 0.15) is 48.0 Å². The van der Waals surface area contributed by atoms with Crippen LogP contribution in [0.3, 0.4) is 0 Å². The van der Waals surface area contributed by atoms with Crippen molar-refractivity contribution in [2.45, 2.75) is 50.7 Å². The number of hydrogen-bond acceptors (Lipinski definition) is 23. The van der Waals surface area contributed by atoms with Gasteiger partial charge in [-0.25, -0.2) is 22.5 Å². The second-order valence-corrected chi connectivity index (χ2v) is 21.4. The Bertz CT molecular complexity index is 2770. The minimum atomic E-state index is -4.89. The van der Waals surface area contributed by atoms with Crippen LogP contribution in [0.15, 0.2) is 48.8 Å². The number of nitrogens with one attached hydrogen (secondary N) is 1. The van der Waals surface area contributed by atoms with Gasteiger partial charge in [0, 0.05) is 18.7 Å². The molecule has 80 heavy (non-hydrogen) atoms. The number of aliphatic hydroxyl groups excluding tert-OH is 2. The minimum absolute atomic E-state index is 0.0628. The number of rotatable bonds is 40. The Hall–Kier alpha value is -4.86. The standard InChI is InChI=1S/C46H62ClF3N8O20P2/c47-46-53-43(35-26-52-58(44(35)54-46)45-41(61)40(60)38(77-45)29-76-80(65,66)30-79(62,63)64)51-25-31-2-1-3-34(22-31)75-21-20-73-17-16-71-14-15-72-18-19-74-28-33-27-57(56-55-33)5-7-68-9-11-70-13-12-69-10-8-67-6-4-39(59)78-42-36(49)23-32(48)24-37(42)50/h1-3,22-24,26-27,38,40-41,45,60-61H,4-21,25,28-30H2,(H,65,66)(H,51,53,54)(H2,62,63,64)/t38-,40-,41-,45-/m1/s1. The average molecular weight is 1200 g/mol. The van der Waals surface area contributed by atoms with Gasteiger partial charge in [-0.1, -0.05) is 17.3 Å². The van der Waals surface area contributed by atoms with Crippen LogP contribution < -0.4 is 14.8 Å². The van der Waals surface area contributed by atoms with Crippen LogP contribution in [0.2, 0.25) is 5.28 Å². The summed E-state index contributed by atoms with van der Waals surface area (Å²) in [5.41, 5.74) is 1.60. The van der Waals surface area contributed by atoms with E-state index >= 15 is 0 Å². The summed E-state index contributed by atoms with van der Waals surface area (Å²) in [6.07, 6.45) is -3.08. The normalized spacial score (nSPS) is 17.3. The number of nitrogens with zero attached hydrogens (tertiary/aromatic N) is 7. The van der Waals surface area contributed by atoms with E-state index in [0.717, 1.165) is 10.2 Å². The Balaban J connectivity index is 0.715. The number of hydrogen-bond donors (Lipinski definition) is 6. The van der Waals surface area contributed by atoms with E-state index in [0.29, 0.717) is 115 Å². The predicted octanol–water partition coefficient (Wildman–Crippen LogP) is 2.76. The SMILES string of the molecule is O=C(CCOCCOCCOCCOCCn1cc(COCCOCCOCCOCCOc2cccc(CNc3nc(Cl)nc4c3cnn4[C@@H]3O[C@H](COP(=O)(O)CP(=O)(O)O)[C@@H](O)[C@H]3O)c2)nn1)Oc1c(F)cc(F)cc1F. The van der Waals surface area contributed by atoms with Crippen molar-refractivity contribution < 1.29 is 109 Å². The van der Waals surface area contributed by atoms with Gasteiger partial charge in [-0.3, -0.25) is 13.9 Å². The second kappa shape index (κ2) is 33.3. The van der Waals surface area contributed by atoms with Gasteiger partial charge in [0.05, 0.1) is 143 Å². The van der Waals surface area contributed by atoms with Gasteiger partial charge >= 0.3 is 21.2 Å². The number of carbonyl (C=O) groups excluding carboxylic acids is 1. The van der Waals surface area contributed by atoms with E-state index in [1.54, 1.807) is 16.9 Å². The number of anilines is 1. The first kappa shape index (κ1) is 64.3. The molecule has 0 bridgehead atoms. The van der Waals surface area contributed by atoms with Crippen molar-refractivity contribution in [2.75, 3.05) is 124 Å². The molecule has 0 saturated carbocycles. The average Bonchev–Trinajstić information content (AvgIpc) is 4.12. The summed E-state index contributed by atoms with van der Waals surface area (Å²) >= 11 is 6.25. The summed E-state index contributed by atoms with van der Waals surface area (Å²) in [6, 6.07) is 8.13. The van der Waals surface area contributed by atoms with Crippen LogP contribution in [0.25, 0.3) is 11.0 Å². The minimum Gasteiger partial charge on any atom is -0.491 e. The smallest absolute Gasteiger partial charge is 0.340 e. The van der Waals surface area contributed by atoms with Crippen LogP contribution in [0.4, 0.5) is 19.0 Å². The maximum absolute atomic E-state index is 13.6. The summed E-state index contributed by atoms with van der Waals surface area (Å²) in [4.78, 5) is 48.1. The van der Waals surface area contributed by atoms with Crippen molar-refractivity contribution >= 4 is 49.6 Å². The highest BCUT2D eigenvalue weighted by molar-refractivity contribution is 7.70. The molecule has 5 aromatic rings. The van der Waals surface area contributed by atoms with E-state index in [4.69, 9.17) is 73.3 Å². The van der Waals surface area contributed by atoms with Crippen LogP contribution in [0.5, 0.6) is 11.5 Å². The molecule has 1 aliphatic rings. The number of benzene rings is 2. The van der Waals surface area contributed by atoms with Crippen molar-refractivity contribution in [1.29, 1.82) is 0 Å². The summed E-state index contributed by atoms with van der Waals surface area (Å²) in [5, 5.41) is 37.1. The maximum Gasteiger partial charge on any atom is 0.340 e. The molecule has 444 valence electrons. The number of ether oxygens (including phenoxy) is 11. The molecule has 1 fully saturated rings. The zero-order valence-corrected chi connectivity index (χ0v) is 45.4. The fraction of sp³-hybridized carbons (Fsp3) is 0.565. The van der Waals surface area contributed by atoms with Gasteiger partial charge in [0.15, 0.2) is 29.4 Å². The molecular weight excluding hydrogens is 1140 g/mol. The van der Waals surface area contributed by atoms with E-state index in [9.17, 15) is 42.2 Å². The van der Waals surface area contributed by atoms with Crippen molar-refractivity contribution in [2.24, 2.45) is 0 Å². The molecule has 34 heteroatoms. The van der Waals surface area contributed by atoms with Gasteiger partial charge < -0.3 is 86.8 Å². The van der Waals surface area contributed by atoms with Gasteiger partial charge in [0.2, 0.25) is 11.0 Å².